The molecule has 2 amide bonds. The molecule has 0 aromatic carbocycles. The van der Waals surface area contributed by atoms with Crippen molar-refractivity contribution < 1.29 is 9.59 Å². The zero-order chi connectivity index (χ0) is 23.7. The molecule has 1 aliphatic carbocycles. The zero-order valence-electron chi connectivity index (χ0n) is 19.8. The molecule has 9 nitrogen and oxygen atoms in total. The fourth-order valence-electron chi connectivity index (χ4n) is 4.91. The van der Waals surface area contributed by atoms with Crippen LogP contribution in [0.4, 0.5) is 5.82 Å². The molecule has 0 bridgehead atoms. The minimum Gasteiger partial charge on any atom is -0.340 e. The molecule has 178 valence electrons. The zero-order valence-corrected chi connectivity index (χ0v) is 19.8. The summed E-state index contributed by atoms with van der Waals surface area (Å²) in [5, 5.41) is 8.09. The first-order valence-electron chi connectivity index (χ1n) is 12.0. The Bertz CT molecular complexity index is 1190. The predicted molar refractivity (Wildman–Crippen MR) is 130 cm³/mol. The van der Waals surface area contributed by atoms with Crippen molar-refractivity contribution >= 4 is 28.5 Å². The number of aromatic nitrogens is 4. The Labute approximate surface area is 199 Å². The van der Waals surface area contributed by atoms with Gasteiger partial charge in [-0.05, 0) is 44.9 Å². The molecule has 9 heteroatoms. The highest BCUT2D eigenvalue weighted by Gasteiger charge is 2.33. The van der Waals surface area contributed by atoms with Gasteiger partial charge in [0.05, 0.1) is 17.4 Å². The van der Waals surface area contributed by atoms with Gasteiger partial charge in [0.2, 0.25) is 11.8 Å². The topological polar surface area (TPSA) is 96.3 Å². The van der Waals surface area contributed by atoms with Crippen LogP contribution < -0.4 is 5.32 Å². The Morgan fingerprint density at radius 2 is 1.71 bits per heavy atom. The van der Waals surface area contributed by atoms with Crippen LogP contribution in [0.15, 0.2) is 36.8 Å². The summed E-state index contributed by atoms with van der Waals surface area (Å²) in [5.74, 6) is 0.688. The maximum absolute atomic E-state index is 12.9. The molecular formula is C25H31N7O2. The molecule has 34 heavy (non-hydrogen) atoms. The molecule has 1 saturated heterocycles. The normalized spacial score (nSPS) is 21.5. The molecule has 0 radical (unpaired) electrons. The third-order valence-corrected chi connectivity index (χ3v) is 7.09. The molecule has 3 aromatic heterocycles. The summed E-state index contributed by atoms with van der Waals surface area (Å²) in [6.07, 6.45) is 8.43. The van der Waals surface area contributed by atoms with Crippen molar-refractivity contribution in [3.63, 3.8) is 0 Å². The minimum absolute atomic E-state index is 0.0271. The lowest BCUT2D eigenvalue weighted by atomic mass is 9.81. The van der Waals surface area contributed by atoms with E-state index in [4.69, 9.17) is 4.98 Å². The van der Waals surface area contributed by atoms with E-state index in [1.807, 2.05) is 36.3 Å². The summed E-state index contributed by atoms with van der Waals surface area (Å²) in [6.45, 7) is 3.47. The van der Waals surface area contributed by atoms with Crippen LogP contribution in [0.1, 0.15) is 25.7 Å². The molecule has 0 unspecified atom stereocenters. The second-order valence-corrected chi connectivity index (χ2v) is 9.53. The van der Waals surface area contributed by atoms with Crippen LogP contribution in [-0.2, 0) is 16.6 Å². The lowest BCUT2D eigenvalue weighted by Crippen LogP contribution is -2.49. The van der Waals surface area contributed by atoms with E-state index < -0.39 is 0 Å². The third-order valence-electron chi connectivity index (χ3n) is 7.09. The summed E-state index contributed by atoms with van der Waals surface area (Å²) < 4.78 is 1.74. The van der Waals surface area contributed by atoms with Crippen molar-refractivity contribution in [2.75, 3.05) is 38.5 Å². The van der Waals surface area contributed by atoms with Gasteiger partial charge in [0, 0.05) is 74.5 Å². The van der Waals surface area contributed by atoms with E-state index >= 15 is 0 Å². The van der Waals surface area contributed by atoms with Gasteiger partial charge in [-0.25, -0.2) is 9.97 Å². The Hall–Kier alpha value is -3.33. The number of carbonyl (C=O) groups is 2. The van der Waals surface area contributed by atoms with E-state index in [9.17, 15) is 9.59 Å². The lowest BCUT2D eigenvalue weighted by molar-refractivity contribution is -0.139. The largest absolute Gasteiger partial charge is 0.340 e. The van der Waals surface area contributed by atoms with Crippen LogP contribution in [0.5, 0.6) is 0 Å². The van der Waals surface area contributed by atoms with Gasteiger partial charge in [0.1, 0.15) is 5.82 Å². The number of rotatable bonds is 4. The van der Waals surface area contributed by atoms with Crippen LogP contribution in [0.3, 0.4) is 0 Å². The number of likely N-dealkylation sites (N-methyl/N-ethyl adjacent to an activating group) is 1. The van der Waals surface area contributed by atoms with E-state index in [0.29, 0.717) is 5.82 Å². The number of carbonyl (C=O) groups excluding carboxylic acids is 2. The quantitative estimate of drug-likeness (QED) is 0.642. The summed E-state index contributed by atoms with van der Waals surface area (Å²) in [5.41, 5.74) is 2.54. The Morgan fingerprint density at radius 3 is 2.41 bits per heavy atom. The minimum atomic E-state index is -0.0938. The smallest absolute Gasteiger partial charge is 0.228 e. The average molecular weight is 462 g/mol. The van der Waals surface area contributed by atoms with Crippen molar-refractivity contribution in [1.82, 2.24) is 29.5 Å². The van der Waals surface area contributed by atoms with Crippen molar-refractivity contribution in [3.05, 3.63) is 36.8 Å². The highest BCUT2D eigenvalue weighted by molar-refractivity contribution is 5.94. The fourth-order valence-corrected chi connectivity index (χ4v) is 4.91. The molecule has 1 saturated carbocycles. The fraction of sp³-hybridized carbons (Fsp3) is 0.480. The van der Waals surface area contributed by atoms with E-state index in [1.165, 1.54) is 0 Å². The first-order valence-corrected chi connectivity index (χ1v) is 12.0. The Kier molecular flexibility index (Phi) is 6.28. The van der Waals surface area contributed by atoms with Crippen molar-refractivity contribution in [2.45, 2.75) is 25.7 Å². The molecule has 5 rings (SSSR count). The first kappa shape index (κ1) is 22.5. The number of piperazine rings is 1. The number of anilines is 1. The van der Waals surface area contributed by atoms with Crippen LogP contribution in [-0.4, -0.2) is 74.6 Å². The number of nitrogens with one attached hydrogen (secondary N) is 1. The predicted octanol–water partition coefficient (Wildman–Crippen LogP) is 2.55. The maximum Gasteiger partial charge on any atom is 0.228 e. The van der Waals surface area contributed by atoms with Gasteiger partial charge in [-0.1, -0.05) is 0 Å². The average Bonchev–Trinajstić information content (AvgIpc) is 3.30. The number of nitrogens with zero attached hydrogens (tertiary/aromatic N) is 6. The number of aryl methyl sites for hydroxylation is 1. The van der Waals surface area contributed by atoms with Gasteiger partial charge in [-0.15, -0.1) is 0 Å². The van der Waals surface area contributed by atoms with Crippen LogP contribution in [0.2, 0.25) is 0 Å². The number of amides is 2. The molecule has 0 spiro atoms. The van der Waals surface area contributed by atoms with Crippen molar-refractivity contribution in [2.24, 2.45) is 18.9 Å². The lowest BCUT2D eigenvalue weighted by Gasteiger charge is -2.36. The van der Waals surface area contributed by atoms with Crippen molar-refractivity contribution in [3.8, 4) is 11.3 Å². The second kappa shape index (κ2) is 9.50. The molecular weight excluding hydrogens is 430 g/mol. The number of hydrogen-bond donors (Lipinski definition) is 1. The van der Waals surface area contributed by atoms with Gasteiger partial charge in [0.15, 0.2) is 0 Å². The number of hydrogen-bond acceptors (Lipinski definition) is 6. The van der Waals surface area contributed by atoms with E-state index in [-0.39, 0.29) is 23.7 Å². The highest BCUT2D eigenvalue weighted by Crippen LogP contribution is 2.31. The molecule has 1 N–H and O–H groups in total. The molecule has 1 aliphatic heterocycles. The Balaban J connectivity index is 1.20. The van der Waals surface area contributed by atoms with Gasteiger partial charge < -0.3 is 15.1 Å². The number of pyridine rings is 2. The summed E-state index contributed by atoms with van der Waals surface area (Å²) in [7, 11) is 3.96. The molecule has 3 aromatic rings. The van der Waals surface area contributed by atoms with Gasteiger partial charge in [-0.3, -0.25) is 14.3 Å². The summed E-state index contributed by atoms with van der Waals surface area (Å²) in [6, 6.07) is 5.73. The Morgan fingerprint density at radius 1 is 0.971 bits per heavy atom. The second-order valence-electron chi connectivity index (χ2n) is 9.53. The van der Waals surface area contributed by atoms with Gasteiger partial charge in [-0.2, -0.15) is 5.10 Å². The van der Waals surface area contributed by atoms with E-state index in [1.54, 1.807) is 17.1 Å². The third kappa shape index (κ3) is 4.79. The van der Waals surface area contributed by atoms with Crippen LogP contribution in [0, 0.1) is 11.8 Å². The molecule has 2 aliphatic rings. The van der Waals surface area contributed by atoms with Gasteiger partial charge >= 0.3 is 0 Å². The van der Waals surface area contributed by atoms with Crippen LogP contribution >= 0.6 is 0 Å². The standard InChI is InChI=1S/C25H31N7O2/c1-30-9-11-32(12-10-30)25(34)18-5-3-17(4-6-18)24(33)29-23-13-22-19(14-26-23)7-8-21(28-22)20-15-27-31(2)16-20/h7-8,13-18H,3-6,9-12H2,1-2H3,(H,26,29,33)/t17-,18-. The SMILES string of the molecule is CN1CCN(C(=O)[C@H]2CC[C@H](C(=O)Nc3cc4nc(-c5cnn(C)c5)ccc4cn3)CC2)CC1. The van der Waals surface area contributed by atoms with Crippen molar-refractivity contribution in [1.29, 1.82) is 0 Å². The molecule has 2 fully saturated rings. The monoisotopic (exact) mass is 461 g/mol. The first-order chi connectivity index (χ1) is 16.5. The summed E-state index contributed by atoms with van der Waals surface area (Å²) >= 11 is 0. The van der Waals surface area contributed by atoms with Crippen LogP contribution in [0.25, 0.3) is 22.2 Å². The summed E-state index contributed by atoms with van der Waals surface area (Å²) in [4.78, 5) is 39.2. The number of fused-ring (bicyclic) bond motifs is 1. The molecule has 0 atom stereocenters. The van der Waals surface area contributed by atoms with Gasteiger partial charge in [0.25, 0.3) is 0 Å². The van der Waals surface area contributed by atoms with E-state index in [2.05, 4.69) is 27.3 Å². The highest BCUT2D eigenvalue weighted by atomic mass is 16.2. The van der Waals surface area contributed by atoms with E-state index in [0.717, 1.165) is 74.0 Å². The maximum atomic E-state index is 12.9. The molecule has 4 heterocycles.